The largest absolute Gasteiger partial charge is 0.491 e. The van der Waals surface area contributed by atoms with Gasteiger partial charge in [0.1, 0.15) is 12.1 Å². The third-order valence-electron chi connectivity index (χ3n) is 3.51. The van der Waals surface area contributed by atoms with Crippen LogP contribution in [0, 0.1) is 5.92 Å². The fourth-order valence-electron chi connectivity index (χ4n) is 2.30. The number of carboxylic acid groups (broad SMARTS) is 1. The monoisotopic (exact) mass is 383 g/mol. The van der Waals surface area contributed by atoms with Crippen molar-refractivity contribution in [1.82, 2.24) is 14.8 Å². The molecule has 0 spiro atoms. The lowest BCUT2D eigenvalue weighted by Crippen LogP contribution is -2.09. The molecule has 1 aromatic heterocycles. The number of rotatable bonds is 6. The molecule has 0 aliphatic heterocycles. The van der Waals surface area contributed by atoms with Gasteiger partial charge in [0, 0.05) is 11.8 Å². The van der Waals surface area contributed by atoms with E-state index in [9.17, 15) is 23.1 Å². The molecule has 9 heteroatoms. The van der Waals surface area contributed by atoms with E-state index in [4.69, 9.17) is 4.74 Å². The first kappa shape index (κ1) is 20.5. The Balaban J connectivity index is 2.48. The van der Waals surface area contributed by atoms with E-state index < -0.39 is 17.7 Å². The second-order valence-corrected chi connectivity index (χ2v) is 6.50. The molecule has 0 saturated carbocycles. The first-order chi connectivity index (χ1) is 12.5. The Bertz CT molecular complexity index is 855. The summed E-state index contributed by atoms with van der Waals surface area (Å²) in [6, 6.07) is 3.26. The predicted octanol–water partition coefficient (Wildman–Crippen LogP) is 4.33. The standard InChI is InChI=1S/C18H20F3N3O3/c1-10(2)15(17(25)26)8-24-9-22-16(23-24)12-5-13(18(19,20)21)7-14(6-12)27-11(3)4/h5-11H,1-4H3,(H,25,26)/b15-8-. The van der Waals surface area contributed by atoms with Crippen LogP contribution in [0.1, 0.15) is 33.3 Å². The van der Waals surface area contributed by atoms with E-state index >= 15 is 0 Å². The van der Waals surface area contributed by atoms with Gasteiger partial charge in [-0.2, -0.15) is 13.2 Å². The van der Waals surface area contributed by atoms with Gasteiger partial charge in [0.25, 0.3) is 0 Å². The third kappa shape index (κ3) is 5.32. The van der Waals surface area contributed by atoms with Crippen LogP contribution in [0.3, 0.4) is 0 Å². The smallest absolute Gasteiger partial charge is 0.416 e. The van der Waals surface area contributed by atoms with Gasteiger partial charge in [-0.3, -0.25) is 0 Å². The predicted molar refractivity (Wildman–Crippen MR) is 93.0 cm³/mol. The van der Waals surface area contributed by atoms with Crippen molar-refractivity contribution >= 4 is 12.2 Å². The van der Waals surface area contributed by atoms with Crippen LogP contribution in [0.4, 0.5) is 13.2 Å². The van der Waals surface area contributed by atoms with E-state index in [-0.39, 0.29) is 34.7 Å². The highest BCUT2D eigenvalue weighted by Gasteiger charge is 2.32. The Morgan fingerprint density at radius 1 is 1.22 bits per heavy atom. The molecule has 2 rings (SSSR count). The Morgan fingerprint density at radius 3 is 2.41 bits per heavy atom. The molecule has 0 fully saturated rings. The molecule has 0 amide bonds. The van der Waals surface area contributed by atoms with Crippen LogP contribution in [0.5, 0.6) is 5.75 Å². The van der Waals surface area contributed by atoms with Crippen LogP contribution >= 0.6 is 0 Å². The van der Waals surface area contributed by atoms with E-state index in [1.165, 1.54) is 23.3 Å². The molecule has 146 valence electrons. The van der Waals surface area contributed by atoms with Gasteiger partial charge < -0.3 is 9.84 Å². The van der Waals surface area contributed by atoms with Gasteiger partial charge in [-0.25, -0.2) is 14.5 Å². The SMILES string of the molecule is CC(C)Oc1cc(-c2ncn(/C=C(\C(=O)O)C(C)C)n2)cc(C(F)(F)F)c1. The second kappa shape index (κ2) is 7.81. The minimum absolute atomic E-state index is 0.0273. The van der Waals surface area contributed by atoms with Crippen molar-refractivity contribution in [2.24, 2.45) is 5.92 Å². The van der Waals surface area contributed by atoms with Gasteiger partial charge in [-0.1, -0.05) is 13.8 Å². The summed E-state index contributed by atoms with van der Waals surface area (Å²) >= 11 is 0. The van der Waals surface area contributed by atoms with Gasteiger partial charge in [-0.05, 0) is 38.0 Å². The molecule has 0 aliphatic rings. The summed E-state index contributed by atoms with van der Waals surface area (Å²) in [6.07, 6.45) is -2.34. The van der Waals surface area contributed by atoms with Crippen molar-refractivity contribution < 1.29 is 27.8 Å². The number of hydrogen-bond donors (Lipinski definition) is 1. The van der Waals surface area contributed by atoms with Crippen molar-refractivity contribution in [2.45, 2.75) is 40.0 Å². The van der Waals surface area contributed by atoms with Crippen LogP contribution in [0.15, 0.2) is 30.1 Å². The van der Waals surface area contributed by atoms with Crippen LogP contribution < -0.4 is 4.74 Å². The quantitative estimate of drug-likeness (QED) is 0.751. The summed E-state index contributed by atoms with van der Waals surface area (Å²) in [7, 11) is 0. The number of hydrogen-bond acceptors (Lipinski definition) is 4. The lowest BCUT2D eigenvalue weighted by Gasteiger charge is -2.14. The molecule has 0 aliphatic carbocycles. The second-order valence-electron chi connectivity index (χ2n) is 6.50. The highest BCUT2D eigenvalue weighted by molar-refractivity contribution is 5.90. The van der Waals surface area contributed by atoms with E-state index in [1.807, 2.05) is 0 Å². The maximum Gasteiger partial charge on any atom is 0.416 e. The highest BCUT2D eigenvalue weighted by atomic mass is 19.4. The van der Waals surface area contributed by atoms with Crippen molar-refractivity contribution in [3.05, 3.63) is 35.7 Å². The molecule has 1 heterocycles. The zero-order valence-corrected chi connectivity index (χ0v) is 15.3. The van der Waals surface area contributed by atoms with Crippen molar-refractivity contribution in [3.63, 3.8) is 0 Å². The number of benzene rings is 1. The van der Waals surface area contributed by atoms with Gasteiger partial charge in [0.05, 0.1) is 17.2 Å². The third-order valence-corrected chi connectivity index (χ3v) is 3.51. The highest BCUT2D eigenvalue weighted by Crippen LogP contribution is 2.35. The molecule has 2 aromatic rings. The van der Waals surface area contributed by atoms with Crippen molar-refractivity contribution in [2.75, 3.05) is 0 Å². The van der Waals surface area contributed by atoms with Gasteiger partial charge in [0.15, 0.2) is 5.82 Å². The molecular formula is C18H20F3N3O3. The zero-order valence-electron chi connectivity index (χ0n) is 15.3. The lowest BCUT2D eigenvalue weighted by molar-refractivity contribution is -0.137. The number of aromatic nitrogens is 3. The fourth-order valence-corrected chi connectivity index (χ4v) is 2.30. The minimum atomic E-state index is -4.55. The van der Waals surface area contributed by atoms with Gasteiger partial charge >= 0.3 is 12.1 Å². The summed E-state index contributed by atoms with van der Waals surface area (Å²) < 4.78 is 46.1. The van der Waals surface area contributed by atoms with E-state index in [2.05, 4.69) is 10.1 Å². The van der Waals surface area contributed by atoms with Crippen LogP contribution in [0.2, 0.25) is 0 Å². The molecule has 0 unspecified atom stereocenters. The first-order valence-corrected chi connectivity index (χ1v) is 8.23. The topological polar surface area (TPSA) is 77.2 Å². The fraction of sp³-hybridized carbons (Fsp3) is 0.389. The Hall–Kier alpha value is -2.84. The zero-order chi connectivity index (χ0) is 20.4. The Labute approximate surface area is 154 Å². The van der Waals surface area contributed by atoms with E-state index in [1.54, 1.807) is 27.7 Å². The summed E-state index contributed by atoms with van der Waals surface area (Å²) in [5.41, 5.74) is -0.663. The average Bonchev–Trinajstić information content (AvgIpc) is 2.99. The van der Waals surface area contributed by atoms with Crippen LogP contribution in [0.25, 0.3) is 17.6 Å². The van der Waals surface area contributed by atoms with Crippen LogP contribution in [-0.2, 0) is 11.0 Å². The van der Waals surface area contributed by atoms with Gasteiger partial charge in [-0.15, -0.1) is 5.10 Å². The minimum Gasteiger partial charge on any atom is -0.491 e. The summed E-state index contributed by atoms with van der Waals surface area (Å²) in [5.74, 6) is -1.29. The molecule has 0 saturated heterocycles. The number of ether oxygens (including phenoxy) is 1. The molecule has 1 aromatic carbocycles. The Kier molecular flexibility index (Phi) is 5.92. The van der Waals surface area contributed by atoms with E-state index in [0.717, 1.165) is 12.1 Å². The molecule has 6 nitrogen and oxygen atoms in total. The van der Waals surface area contributed by atoms with Crippen molar-refractivity contribution in [1.29, 1.82) is 0 Å². The molecule has 0 radical (unpaired) electrons. The summed E-state index contributed by atoms with van der Waals surface area (Å²) in [4.78, 5) is 15.2. The van der Waals surface area contributed by atoms with E-state index in [0.29, 0.717) is 0 Å². The lowest BCUT2D eigenvalue weighted by atomic mass is 10.1. The number of halogens is 3. The number of carboxylic acids is 1. The Morgan fingerprint density at radius 2 is 1.89 bits per heavy atom. The van der Waals surface area contributed by atoms with Gasteiger partial charge in [0.2, 0.25) is 0 Å². The molecule has 0 atom stereocenters. The maximum atomic E-state index is 13.2. The molecule has 0 bridgehead atoms. The number of aliphatic carboxylic acids is 1. The summed E-state index contributed by atoms with van der Waals surface area (Å²) in [5, 5.41) is 13.3. The number of alkyl halides is 3. The van der Waals surface area contributed by atoms with Crippen molar-refractivity contribution in [3.8, 4) is 17.1 Å². The molecule has 1 N–H and O–H groups in total. The normalized spacial score (nSPS) is 12.7. The summed E-state index contributed by atoms with van der Waals surface area (Å²) in [6.45, 7) is 6.83. The maximum absolute atomic E-state index is 13.2. The first-order valence-electron chi connectivity index (χ1n) is 8.23. The molecule has 27 heavy (non-hydrogen) atoms. The number of carbonyl (C=O) groups is 1. The average molecular weight is 383 g/mol. The molecular weight excluding hydrogens is 363 g/mol. The van der Waals surface area contributed by atoms with Crippen LogP contribution in [-0.4, -0.2) is 31.9 Å². The number of nitrogens with zero attached hydrogens (tertiary/aromatic N) is 3.